The van der Waals surface area contributed by atoms with E-state index in [1.807, 2.05) is 12.1 Å². The van der Waals surface area contributed by atoms with Crippen molar-refractivity contribution in [3.63, 3.8) is 0 Å². The van der Waals surface area contributed by atoms with Crippen LogP contribution in [0.4, 0.5) is 4.39 Å². The van der Waals surface area contributed by atoms with Crippen LogP contribution in [-0.4, -0.2) is 23.1 Å². The van der Waals surface area contributed by atoms with Crippen molar-refractivity contribution in [1.29, 1.82) is 0 Å². The molecule has 22 heavy (non-hydrogen) atoms. The summed E-state index contributed by atoms with van der Waals surface area (Å²) in [6.07, 6.45) is 0.928. The fourth-order valence-corrected chi connectivity index (χ4v) is 3.71. The third kappa shape index (κ3) is 4.19. The van der Waals surface area contributed by atoms with Gasteiger partial charge < -0.3 is 2.85 Å². The van der Waals surface area contributed by atoms with E-state index < -0.39 is 0 Å². The topological polar surface area (TPSA) is 0 Å². The third-order valence-electron chi connectivity index (χ3n) is 3.47. The molecule has 0 atom stereocenters. The quantitative estimate of drug-likeness (QED) is 0.479. The van der Waals surface area contributed by atoms with E-state index in [9.17, 15) is 4.39 Å². The van der Waals surface area contributed by atoms with Gasteiger partial charge in [-0.2, -0.15) is 0 Å². The van der Waals surface area contributed by atoms with Crippen molar-refractivity contribution in [1.82, 2.24) is 0 Å². The first kappa shape index (κ1) is 17.7. The number of hydrogen-bond acceptors (Lipinski definition) is 1. The monoisotopic (exact) mass is 386 g/mol. The van der Waals surface area contributed by atoms with E-state index >= 15 is 0 Å². The summed E-state index contributed by atoms with van der Waals surface area (Å²) in [6, 6.07) is 17.3. The van der Waals surface area contributed by atoms with E-state index in [-0.39, 0.29) is 31.7 Å². The Morgan fingerprint density at radius 1 is 1.05 bits per heavy atom. The van der Waals surface area contributed by atoms with E-state index in [0.29, 0.717) is 0 Å². The van der Waals surface area contributed by atoms with E-state index in [0.717, 1.165) is 16.5 Å². The van der Waals surface area contributed by atoms with Gasteiger partial charge in [0, 0.05) is 20.6 Å². The van der Waals surface area contributed by atoms with Crippen LogP contribution >= 0.6 is 27.3 Å². The van der Waals surface area contributed by atoms with Gasteiger partial charge >= 0.3 is 23.1 Å². The molecule has 110 valence electrons. The molecule has 4 heteroatoms. The maximum atomic E-state index is 13.0. The summed E-state index contributed by atoms with van der Waals surface area (Å²) in [5.74, 6) is -0.194. The van der Waals surface area contributed by atoms with Gasteiger partial charge in [-0.15, -0.1) is 11.3 Å². The average molecular weight is 388 g/mol. The molecule has 0 saturated heterocycles. The summed E-state index contributed by atoms with van der Waals surface area (Å²) in [6.45, 7) is 2.14. The standard InChI is InChI=1S/C18H14BrFS.Mg.2H/c1-12-2-5-15(19)10-14(12)11-17-8-9-18(21-17)13-3-6-16(20)7-4-13;;;/h2-10H,11H2,1H3;;;/q;+2;2*-1. The fraction of sp³-hybridized carbons (Fsp3) is 0.111. The SMILES string of the molecule is Cc1ccc(Br)cc1Cc1ccc(-c2ccc(F)cc2)s1.[H-].[H-].[Mg+2]. The molecule has 0 N–H and O–H groups in total. The van der Waals surface area contributed by atoms with Crippen molar-refractivity contribution >= 4 is 50.3 Å². The Morgan fingerprint density at radius 3 is 2.50 bits per heavy atom. The molecule has 0 radical (unpaired) electrons. The number of halogens is 2. The van der Waals surface area contributed by atoms with Crippen LogP contribution in [0.5, 0.6) is 0 Å². The molecule has 0 aliphatic heterocycles. The van der Waals surface area contributed by atoms with Gasteiger partial charge in [0.1, 0.15) is 5.82 Å². The van der Waals surface area contributed by atoms with Crippen LogP contribution in [0.3, 0.4) is 0 Å². The summed E-state index contributed by atoms with van der Waals surface area (Å²) >= 11 is 5.29. The van der Waals surface area contributed by atoms with Crippen LogP contribution in [0.15, 0.2) is 59.1 Å². The molecule has 0 bridgehead atoms. The van der Waals surface area contributed by atoms with Crippen LogP contribution in [0.2, 0.25) is 0 Å². The molecular weight excluding hydrogens is 371 g/mol. The van der Waals surface area contributed by atoms with Crippen LogP contribution in [0, 0.1) is 12.7 Å². The second kappa shape index (κ2) is 7.73. The molecule has 0 amide bonds. The molecule has 0 nitrogen and oxygen atoms in total. The van der Waals surface area contributed by atoms with Crippen LogP contribution < -0.4 is 0 Å². The van der Waals surface area contributed by atoms with E-state index in [1.165, 1.54) is 33.0 Å². The molecule has 0 fully saturated rings. The molecule has 0 spiro atoms. The largest absolute Gasteiger partial charge is 2.00 e. The zero-order chi connectivity index (χ0) is 14.8. The van der Waals surface area contributed by atoms with Crippen molar-refractivity contribution in [2.75, 3.05) is 0 Å². The molecule has 1 aromatic heterocycles. The average Bonchev–Trinajstić information content (AvgIpc) is 2.92. The van der Waals surface area contributed by atoms with Gasteiger partial charge in [-0.3, -0.25) is 0 Å². The number of rotatable bonds is 3. The zero-order valence-electron chi connectivity index (χ0n) is 14.3. The Bertz CT molecular complexity index is 775. The number of thiophene rings is 1. The predicted molar refractivity (Wildman–Crippen MR) is 99.4 cm³/mol. The Morgan fingerprint density at radius 2 is 1.77 bits per heavy atom. The molecule has 0 saturated carbocycles. The van der Waals surface area contributed by atoms with E-state index in [4.69, 9.17) is 0 Å². The van der Waals surface area contributed by atoms with Gasteiger partial charge in [0.2, 0.25) is 0 Å². The van der Waals surface area contributed by atoms with Crippen molar-refractivity contribution < 1.29 is 7.24 Å². The smallest absolute Gasteiger partial charge is 1.00 e. The maximum Gasteiger partial charge on any atom is 2.00 e. The Balaban J connectivity index is 0.00000176. The minimum absolute atomic E-state index is 0. The van der Waals surface area contributed by atoms with Gasteiger partial charge in [0.25, 0.3) is 0 Å². The summed E-state index contributed by atoms with van der Waals surface area (Å²) in [5, 5.41) is 0. The summed E-state index contributed by atoms with van der Waals surface area (Å²) in [7, 11) is 0. The molecule has 3 rings (SSSR count). The fourth-order valence-electron chi connectivity index (χ4n) is 2.26. The van der Waals surface area contributed by atoms with Crippen molar-refractivity contribution in [2.45, 2.75) is 13.3 Å². The van der Waals surface area contributed by atoms with Gasteiger partial charge in [-0.1, -0.05) is 34.1 Å². The second-order valence-corrected chi connectivity index (χ2v) is 7.10. The van der Waals surface area contributed by atoms with Crippen molar-refractivity contribution in [3.8, 4) is 10.4 Å². The first-order valence-electron chi connectivity index (χ1n) is 6.71. The van der Waals surface area contributed by atoms with E-state index in [1.54, 1.807) is 11.3 Å². The van der Waals surface area contributed by atoms with Crippen molar-refractivity contribution in [2.24, 2.45) is 0 Å². The summed E-state index contributed by atoms with van der Waals surface area (Å²) in [4.78, 5) is 2.49. The minimum atomic E-state index is -0.194. The molecule has 3 aromatic rings. The number of aryl methyl sites for hydroxylation is 1. The maximum absolute atomic E-state index is 13.0. The third-order valence-corrected chi connectivity index (χ3v) is 5.09. The van der Waals surface area contributed by atoms with Crippen LogP contribution in [0.1, 0.15) is 18.9 Å². The molecule has 2 aromatic carbocycles. The summed E-state index contributed by atoms with van der Waals surface area (Å²) in [5.41, 5.74) is 3.70. The van der Waals surface area contributed by atoms with Gasteiger partial charge in [0.05, 0.1) is 0 Å². The summed E-state index contributed by atoms with van der Waals surface area (Å²) < 4.78 is 14.1. The Hall–Kier alpha value is -0.684. The van der Waals surface area contributed by atoms with Crippen molar-refractivity contribution in [3.05, 3.63) is 80.9 Å². The van der Waals surface area contributed by atoms with Crippen LogP contribution in [-0.2, 0) is 6.42 Å². The van der Waals surface area contributed by atoms with Gasteiger partial charge in [-0.25, -0.2) is 4.39 Å². The molecule has 0 aliphatic rings. The molecule has 0 unspecified atom stereocenters. The Kier molecular flexibility index (Phi) is 6.21. The predicted octanol–water partition coefficient (Wildman–Crippen LogP) is 6.06. The minimum Gasteiger partial charge on any atom is -1.00 e. The molecule has 1 heterocycles. The normalized spacial score (nSPS) is 10.3. The van der Waals surface area contributed by atoms with Gasteiger partial charge in [0.15, 0.2) is 0 Å². The molecular formula is C18H16BrFMgS. The number of benzene rings is 2. The number of hydrogen-bond donors (Lipinski definition) is 0. The van der Waals surface area contributed by atoms with Crippen LogP contribution in [0.25, 0.3) is 10.4 Å². The first-order valence-corrected chi connectivity index (χ1v) is 8.32. The Labute approximate surface area is 161 Å². The molecule has 0 aliphatic carbocycles. The second-order valence-electron chi connectivity index (χ2n) is 5.02. The van der Waals surface area contributed by atoms with Gasteiger partial charge in [-0.05, 0) is 60.0 Å². The zero-order valence-corrected chi connectivity index (χ0v) is 16.1. The van der Waals surface area contributed by atoms with E-state index in [2.05, 4.69) is 53.2 Å². The first-order chi connectivity index (χ1) is 10.1.